The number of hydrogen-bond acceptors (Lipinski definition) is 4. The summed E-state index contributed by atoms with van der Waals surface area (Å²) in [6.07, 6.45) is 5.10. The summed E-state index contributed by atoms with van der Waals surface area (Å²) in [6.45, 7) is 8.49. The summed E-state index contributed by atoms with van der Waals surface area (Å²) >= 11 is 0. The van der Waals surface area contributed by atoms with E-state index in [9.17, 15) is 4.79 Å². The van der Waals surface area contributed by atoms with Crippen LogP contribution in [0.2, 0.25) is 0 Å². The average Bonchev–Trinajstić information content (AvgIpc) is 2.36. The quantitative estimate of drug-likeness (QED) is 0.754. The summed E-state index contributed by atoms with van der Waals surface area (Å²) in [5, 5.41) is 3.26. The molecule has 1 saturated carbocycles. The minimum atomic E-state index is -0.764. The molecule has 0 aromatic heterocycles. The van der Waals surface area contributed by atoms with Crippen molar-refractivity contribution in [1.29, 1.82) is 0 Å². The van der Waals surface area contributed by atoms with Crippen LogP contribution in [-0.2, 0) is 14.3 Å². The van der Waals surface area contributed by atoms with Crippen molar-refractivity contribution in [2.45, 2.75) is 71.1 Å². The van der Waals surface area contributed by atoms with Gasteiger partial charge in [-0.2, -0.15) is 0 Å². The van der Waals surface area contributed by atoms with Crippen molar-refractivity contribution < 1.29 is 14.3 Å². The second-order valence-electron chi connectivity index (χ2n) is 6.23. The highest BCUT2D eigenvalue weighted by Crippen LogP contribution is 2.27. The number of carbonyl (C=O) groups is 1. The second-order valence-corrected chi connectivity index (χ2v) is 6.23. The fourth-order valence-electron chi connectivity index (χ4n) is 2.83. The molecule has 0 aliphatic heterocycles. The van der Waals surface area contributed by atoms with Crippen molar-refractivity contribution in [2.75, 3.05) is 13.7 Å². The third-order valence-electron chi connectivity index (χ3n) is 3.86. The summed E-state index contributed by atoms with van der Waals surface area (Å²) in [7, 11) is 1.42. The van der Waals surface area contributed by atoms with Gasteiger partial charge >= 0.3 is 5.97 Å². The Morgan fingerprint density at radius 3 is 2.53 bits per heavy atom. The highest BCUT2D eigenvalue weighted by atomic mass is 16.5. The van der Waals surface area contributed by atoms with E-state index >= 15 is 0 Å². The van der Waals surface area contributed by atoms with E-state index in [4.69, 9.17) is 9.47 Å². The van der Waals surface area contributed by atoms with Gasteiger partial charge in [-0.05, 0) is 39.5 Å². The summed E-state index contributed by atoms with van der Waals surface area (Å²) in [5.74, 6) is 0.319. The van der Waals surface area contributed by atoms with Gasteiger partial charge in [-0.3, -0.25) is 5.32 Å². The monoisotopic (exact) mass is 271 g/mol. The number of rotatable bonds is 6. The normalized spacial score (nSPS) is 27.1. The Balaban J connectivity index is 2.59. The molecule has 1 rings (SSSR count). The molecule has 4 nitrogen and oxygen atoms in total. The highest BCUT2D eigenvalue weighted by molar-refractivity contribution is 5.80. The zero-order valence-electron chi connectivity index (χ0n) is 13.0. The molecule has 0 radical (unpaired) electrons. The Morgan fingerprint density at radius 1 is 1.37 bits per heavy atom. The molecule has 4 heteroatoms. The Labute approximate surface area is 117 Å². The van der Waals surface area contributed by atoms with E-state index in [-0.39, 0.29) is 18.1 Å². The van der Waals surface area contributed by atoms with Crippen LogP contribution in [0.5, 0.6) is 0 Å². The van der Waals surface area contributed by atoms with Gasteiger partial charge < -0.3 is 9.47 Å². The fourth-order valence-corrected chi connectivity index (χ4v) is 2.83. The number of carbonyl (C=O) groups excluding carboxylic acids is 1. The molecule has 0 saturated heterocycles. The SMILES string of the molecule is COC(=O)C(C)(COC1CCCCC1C)NC(C)C. The van der Waals surface area contributed by atoms with E-state index < -0.39 is 5.54 Å². The van der Waals surface area contributed by atoms with Crippen LogP contribution in [0, 0.1) is 5.92 Å². The third kappa shape index (κ3) is 4.77. The van der Waals surface area contributed by atoms with Gasteiger partial charge in [-0.1, -0.05) is 19.8 Å². The van der Waals surface area contributed by atoms with E-state index in [1.54, 1.807) is 0 Å². The predicted octanol–water partition coefficient (Wildman–Crippen LogP) is 2.51. The fraction of sp³-hybridized carbons (Fsp3) is 0.933. The summed E-state index contributed by atoms with van der Waals surface area (Å²) in [4.78, 5) is 12.0. The summed E-state index contributed by atoms with van der Waals surface area (Å²) in [5.41, 5.74) is -0.764. The van der Waals surface area contributed by atoms with Crippen molar-refractivity contribution in [3.8, 4) is 0 Å². The molecule has 1 aliphatic rings. The molecule has 1 N–H and O–H groups in total. The van der Waals surface area contributed by atoms with Crippen LogP contribution in [0.1, 0.15) is 53.4 Å². The lowest BCUT2D eigenvalue weighted by Gasteiger charge is -2.34. The summed E-state index contributed by atoms with van der Waals surface area (Å²) < 4.78 is 10.9. The standard InChI is InChI=1S/C15H29NO3/c1-11(2)16-15(4,14(17)18-5)10-19-13-9-7-6-8-12(13)3/h11-13,16H,6-10H2,1-5H3. The molecular formula is C15H29NO3. The van der Waals surface area contributed by atoms with Gasteiger partial charge in [-0.15, -0.1) is 0 Å². The Kier molecular flexibility index (Phi) is 6.27. The second kappa shape index (κ2) is 7.25. The van der Waals surface area contributed by atoms with Gasteiger partial charge in [0.2, 0.25) is 0 Å². The highest BCUT2D eigenvalue weighted by Gasteiger charge is 2.36. The van der Waals surface area contributed by atoms with E-state index in [1.165, 1.54) is 26.4 Å². The molecule has 0 bridgehead atoms. The largest absolute Gasteiger partial charge is 0.468 e. The van der Waals surface area contributed by atoms with Gasteiger partial charge in [0.15, 0.2) is 0 Å². The van der Waals surface area contributed by atoms with E-state index in [1.807, 2.05) is 20.8 Å². The zero-order chi connectivity index (χ0) is 14.5. The van der Waals surface area contributed by atoms with E-state index in [0.29, 0.717) is 12.5 Å². The predicted molar refractivity (Wildman–Crippen MR) is 76.1 cm³/mol. The Morgan fingerprint density at radius 2 is 2.00 bits per heavy atom. The lowest BCUT2D eigenvalue weighted by Crippen LogP contribution is -2.56. The maximum Gasteiger partial charge on any atom is 0.328 e. The molecule has 19 heavy (non-hydrogen) atoms. The van der Waals surface area contributed by atoms with Crippen LogP contribution in [0.15, 0.2) is 0 Å². The smallest absolute Gasteiger partial charge is 0.328 e. The van der Waals surface area contributed by atoms with E-state index in [0.717, 1.165) is 6.42 Å². The first-order valence-corrected chi connectivity index (χ1v) is 7.36. The lowest BCUT2D eigenvalue weighted by atomic mass is 9.88. The van der Waals surface area contributed by atoms with E-state index in [2.05, 4.69) is 12.2 Å². The number of methoxy groups -OCH3 is 1. The molecule has 0 spiro atoms. The van der Waals surface area contributed by atoms with Crippen LogP contribution in [0.4, 0.5) is 0 Å². The molecular weight excluding hydrogens is 242 g/mol. The van der Waals surface area contributed by atoms with Crippen molar-refractivity contribution >= 4 is 5.97 Å². The van der Waals surface area contributed by atoms with Crippen LogP contribution in [0.3, 0.4) is 0 Å². The molecule has 3 atom stereocenters. The van der Waals surface area contributed by atoms with Crippen molar-refractivity contribution in [3.05, 3.63) is 0 Å². The molecule has 0 heterocycles. The molecule has 0 aromatic carbocycles. The first-order valence-electron chi connectivity index (χ1n) is 7.36. The Bertz CT molecular complexity index is 293. The van der Waals surface area contributed by atoms with Gasteiger partial charge in [-0.25, -0.2) is 4.79 Å². The number of nitrogens with one attached hydrogen (secondary N) is 1. The average molecular weight is 271 g/mol. The minimum absolute atomic E-state index is 0.205. The van der Waals surface area contributed by atoms with Crippen LogP contribution >= 0.6 is 0 Å². The first-order chi connectivity index (χ1) is 8.89. The van der Waals surface area contributed by atoms with Gasteiger partial charge in [0, 0.05) is 6.04 Å². The van der Waals surface area contributed by atoms with Crippen molar-refractivity contribution in [3.63, 3.8) is 0 Å². The first kappa shape index (κ1) is 16.4. The Hall–Kier alpha value is -0.610. The van der Waals surface area contributed by atoms with Gasteiger partial charge in [0.25, 0.3) is 0 Å². The minimum Gasteiger partial charge on any atom is -0.468 e. The molecule has 0 amide bonds. The van der Waals surface area contributed by atoms with Crippen LogP contribution < -0.4 is 5.32 Å². The van der Waals surface area contributed by atoms with Crippen molar-refractivity contribution in [2.24, 2.45) is 5.92 Å². The number of hydrogen-bond donors (Lipinski definition) is 1. The van der Waals surface area contributed by atoms with Crippen molar-refractivity contribution in [1.82, 2.24) is 5.32 Å². The third-order valence-corrected chi connectivity index (χ3v) is 3.86. The maximum absolute atomic E-state index is 12.0. The molecule has 1 fully saturated rings. The topological polar surface area (TPSA) is 47.6 Å². The molecule has 112 valence electrons. The molecule has 3 unspecified atom stereocenters. The summed E-state index contributed by atoms with van der Waals surface area (Å²) in [6, 6.07) is 0.205. The maximum atomic E-state index is 12.0. The molecule has 0 aromatic rings. The number of ether oxygens (including phenoxy) is 2. The van der Waals surface area contributed by atoms with Crippen LogP contribution in [0.25, 0.3) is 0 Å². The van der Waals surface area contributed by atoms with Crippen LogP contribution in [-0.4, -0.2) is 37.4 Å². The lowest BCUT2D eigenvalue weighted by molar-refractivity contribution is -0.153. The zero-order valence-corrected chi connectivity index (χ0v) is 13.0. The number of esters is 1. The van der Waals surface area contributed by atoms with Gasteiger partial charge in [0.1, 0.15) is 5.54 Å². The van der Waals surface area contributed by atoms with Gasteiger partial charge in [0.05, 0.1) is 19.8 Å². The molecule has 1 aliphatic carbocycles.